The zero-order valence-electron chi connectivity index (χ0n) is 20.1. The molecule has 0 amide bonds. The lowest BCUT2D eigenvalue weighted by Crippen LogP contribution is -2.29. The number of rotatable bonds is 18. The van der Waals surface area contributed by atoms with E-state index in [-0.39, 0.29) is 23.8 Å². The standard InChI is InChI=1S/C26H48O4/c1-4-6-8-10-12-14-16-18-29-25(27)23-20-22(3)21-24(23)26(28)30-19-17-15-13-11-9-7-5-2/h22-24H,4-21H2,1-3H3. The summed E-state index contributed by atoms with van der Waals surface area (Å²) in [5, 5.41) is 0. The number of esters is 2. The molecule has 2 unspecified atom stereocenters. The summed E-state index contributed by atoms with van der Waals surface area (Å²) in [6, 6.07) is 0. The van der Waals surface area contributed by atoms with Gasteiger partial charge >= 0.3 is 11.9 Å². The van der Waals surface area contributed by atoms with Crippen molar-refractivity contribution in [3.63, 3.8) is 0 Å². The molecule has 30 heavy (non-hydrogen) atoms. The van der Waals surface area contributed by atoms with Crippen molar-refractivity contribution in [3.05, 3.63) is 0 Å². The molecule has 0 aromatic rings. The SMILES string of the molecule is CCCCCCCCCOC(=O)C1CC(C)CC1C(=O)OCCCCCCCCC. The fourth-order valence-corrected chi connectivity index (χ4v) is 4.49. The normalized spacial score (nSPS) is 21.0. The maximum absolute atomic E-state index is 12.6. The lowest BCUT2D eigenvalue weighted by molar-refractivity contribution is -0.159. The van der Waals surface area contributed by atoms with Gasteiger partial charge < -0.3 is 9.47 Å². The molecule has 0 aliphatic heterocycles. The van der Waals surface area contributed by atoms with Gasteiger partial charge in [0.05, 0.1) is 25.0 Å². The Morgan fingerprint density at radius 3 is 1.30 bits per heavy atom. The van der Waals surface area contributed by atoms with Crippen molar-refractivity contribution < 1.29 is 19.1 Å². The van der Waals surface area contributed by atoms with Crippen LogP contribution in [0.3, 0.4) is 0 Å². The number of hydrogen-bond donors (Lipinski definition) is 0. The highest BCUT2D eigenvalue weighted by atomic mass is 16.5. The van der Waals surface area contributed by atoms with Crippen molar-refractivity contribution in [1.29, 1.82) is 0 Å². The van der Waals surface area contributed by atoms with Gasteiger partial charge in [0.25, 0.3) is 0 Å². The molecule has 4 heteroatoms. The maximum atomic E-state index is 12.6. The van der Waals surface area contributed by atoms with Gasteiger partial charge in [-0.05, 0) is 31.6 Å². The van der Waals surface area contributed by atoms with Gasteiger partial charge in [-0.1, -0.05) is 97.8 Å². The van der Waals surface area contributed by atoms with Crippen LogP contribution in [0, 0.1) is 17.8 Å². The van der Waals surface area contributed by atoms with Crippen molar-refractivity contribution in [2.75, 3.05) is 13.2 Å². The molecule has 1 aliphatic carbocycles. The first-order valence-electron chi connectivity index (χ1n) is 12.9. The van der Waals surface area contributed by atoms with Crippen LogP contribution in [0.25, 0.3) is 0 Å². The summed E-state index contributed by atoms with van der Waals surface area (Å²) in [4.78, 5) is 25.1. The molecule has 1 fully saturated rings. The van der Waals surface area contributed by atoms with Crippen molar-refractivity contribution in [1.82, 2.24) is 0 Å². The second-order valence-electron chi connectivity index (χ2n) is 9.37. The average molecular weight is 425 g/mol. The third-order valence-electron chi connectivity index (χ3n) is 6.39. The van der Waals surface area contributed by atoms with Gasteiger partial charge in [0, 0.05) is 0 Å². The highest BCUT2D eigenvalue weighted by Crippen LogP contribution is 2.38. The van der Waals surface area contributed by atoms with Gasteiger partial charge in [-0.15, -0.1) is 0 Å². The van der Waals surface area contributed by atoms with Gasteiger partial charge in [0.1, 0.15) is 0 Å². The van der Waals surface area contributed by atoms with Crippen LogP contribution in [-0.2, 0) is 19.1 Å². The summed E-state index contributed by atoms with van der Waals surface area (Å²) in [7, 11) is 0. The highest BCUT2D eigenvalue weighted by Gasteiger charge is 2.42. The summed E-state index contributed by atoms with van der Waals surface area (Å²) in [5.74, 6) is -0.638. The Balaban J connectivity index is 2.19. The van der Waals surface area contributed by atoms with Gasteiger partial charge in [0.2, 0.25) is 0 Å². The van der Waals surface area contributed by atoms with Crippen LogP contribution in [0.15, 0.2) is 0 Å². The van der Waals surface area contributed by atoms with E-state index >= 15 is 0 Å². The molecule has 1 saturated carbocycles. The molecule has 0 saturated heterocycles. The third-order valence-corrected chi connectivity index (χ3v) is 6.39. The van der Waals surface area contributed by atoms with Crippen molar-refractivity contribution in [2.45, 2.75) is 124 Å². The van der Waals surface area contributed by atoms with E-state index in [0.717, 1.165) is 38.5 Å². The van der Waals surface area contributed by atoms with Gasteiger partial charge in [0.15, 0.2) is 0 Å². The van der Waals surface area contributed by atoms with Gasteiger partial charge in [-0.25, -0.2) is 0 Å². The quantitative estimate of drug-likeness (QED) is 0.172. The molecule has 0 radical (unpaired) electrons. The fourth-order valence-electron chi connectivity index (χ4n) is 4.49. The van der Waals surface area contributed by atoms with Crippen LogP contribution in [0.2, 0.25) is 0 Å². The Morgan fingerprint density at radius 1 is 0.600 bits per heavy atom. The van der Waals surface area contributed by atoms with Crippen LogP contribution < -0.4 is 0 Å². The molecular weight excluding hydrogens is 376 g/mol. The predicted molar refractivity (Wildman–Crippen MR) is 123 cm³/mol. The Bertz CT molecular complexity index is 408. The largest absolute Gasteiger partial charge is 0.465 e. The molecular formula is C26H48O4. The topological polar surface area (TPSA) is 52.6 Å². The predicted octanol–water partition coefficient (Wildman–Crippen LogP) is 7.24. The Labute approximate surface area is 185 Å². The summed E-state index contributed by atoms with van der Waals surface area (Å²) < 4.78 is 11.1. The van der Waals surface area contributed by atoms with Crippen LogP contribution >= 0.6 is 0 Å². The maximum Gasteiger partial charge on any atom is 0.309 e. The van der Waals surface area contributed by atoms with Gasteiger partial charge in [-0.3, -0.25) is 9.59 Å². The summed E-state index contributed by atoms with van der Waals surface area (Å²) >= 11 is 0. The highest BCUT2D eigenvalue weighted by molar-refractivity contribution is 5.82. The minimum absolute atomic E-state index is 0.191. The Kier molecular flexibility index (Phi) is 15.8. The summed E-state index contributed by atoms with van der Waals surface area (Å²) in [5.41, 5.74) is 0. The van der Waals surface area contributed by atoms with E-state index in [9.17, 15) is 9.59 Å². The molecule has 2 atom stereocenters. The van der Waals surface area contributed by atoms with Crippen LogP contribution in [0.4, 0.5) is 0 Å². The molecule has 176 valence electrons. The molecule has 0 spiro atoms. The summed E-state index contributed by atoms with van der Waals surface area (Å²) in [6.07, 6.45) is 18.3. The number of ether oxygens (including phenoxy) is 2. The molecule has 0 bridgehead atoms. The third kappa shape index (κ3) is 12.0. The van der Waals surface area contributed by atoms with E-state index in [1.54, 1.807) is 0 Å². The Hall–Kier alpha value is -1.06. The number of carbonyl (C=O) groups excluding carboxylic acids is 2. The average Bonchev–Trinajstić information content (AvgIpc) is 3.13. The number of hydrogen-bond acceptors (Lipinski definition) is 4. The smallest absolute Gasteiger partial charge is 0.309 e. The molecule has 1 rings (SSSR count). The minimum atomic E-state index is -0.314. The molecule has 1 aliphatic rings. The van der Waals surface area contributed by atoms with E-state index in [2.05, 4.69) is 20.8 Å². The fraction of sp³-hybridized carbons (Fsp3) is 0.923. The first-order valence-corrected chi connectivity index (χ1v) is 12.9. The van der Waals surface area contributed by atoms with Gasteiger partial charge in [-0.2, -0.15) is 0 Å². The molecule has 0 heterocycles. The van der Waals surface area contributed by atoms with E-state index in [0.29, 0.717) is 19.1 Å². The summed E-state index contributed by atoms with van der Waals surface area (Å²) in [6.45, 7) is 7.53. The van der Waals surface area contributed by atoms with E-state index in [1.165, 1.54) is 64.2 Å². The van der Waals surface area contributed by atoms with Crippen LogP contribution in [0.1, 0.15) is 124 Å². The lowest BCUT2D eigenvalue weighted by Gasteiger charge is -2.17. The second-order valence-corrected chi connectivity index (χ2v) is 9.37. The Morgan fingerprint density at radius 2 is 0.933 bits per heavy atom. The zero-order chi connectivity index (χ0) is 22.0. The first-order chi connectivity index (χ1) is 14.6. The number of unbranched alkanes of at least 4 members (excludes halogenated alkanes) is 12. The minimum Gasteiger partial charge on any atom is -0.465 e. The molecule has 4 nitrogen and oxygen atoms in total. The van der Waals surface area contributed by atoms with Crippen molar-refractivity contribution in [2.24, 2.45) is 17.8 Å². The molecule has 0 aromatic heterocycles. The second kappa shape index (κ2) is 17.6. The number of carbonyl (C=O) groups is 2. The molecule has 0 aromatic carbocycles. The van der Waals surface area contributed by atoms with E-state index in [1.807, 2.05) is 0 Å². The molecule has 0 N–H and O–H groups in total. The van der Waals surface area contributed by atoms with Crippen molar-refractivity contribution >= 4 is 11.9 Å². The monoisotopic (exact) mass is 424 g/mol. The van der Waals surface area contributed by atoms with Crippen molar-refractivity contribution in [3.8, 4) is 0 Å². The van der Waals surface area contributed by atoms with Crippen LogP contribution in [-0.4, -0.2) is 25.2 Å². The van der Waals surface area contributed by atoms with E-state index in [4.69, 9.17) is 9.47 Å². The van der Waals surface area contributed by atoms with E-state index < -0.39 is 0 Å². The van der Waals surface area contributed by atoms with Crippen LogP contribution in [0.5, 0.6) is 0 Å². The zero-order valence-corrected chi connectivity index (χ0v) is 20.1. The first kappa shape index (κ1) is 27.0. The lowest BCUT2D eigenvalue weighted by atomic mass is 9.96.